The molecule has 0 saturated carbocycles. The van der Waals surface area contributed by atoms with E-state index in [-0.39, 0.29) is 0 Å². The summed E-state index contributed by atoms with van der Waals surface area (Å²) in [4.78, 5) is 0. The Morgan fingerprint density at radius 3 is 2.75 bits per heavy atom. The van der Waals surface area contributed by atoms with Gasteiger partial charge in [-0.2, -0.15) is 5.10 Å². The lowest BCUT2D eigenvalue weighted by Crippen LogP contribution is -2.06. The first-order valence-corrected chi connectivity index (χ1v) is 5.45. The largest absolute Gasteiger partial charge is 0.346 e. The number of hydrogen-bond donors (Lipinski definition) is 0. The second kappa shape index (κ2) is 3.85. The van der Waals surface area contributed by atoms with Gasteiger partial charge in [-0.3, -0.25) is 4.68 Å². The van der Waals surface area contributed by atoms with Gasteiger partial charge in [-0.1, -0.05) is 18.2 Å². The lowest BCUT2D eigenvalue weighted by Gasteiger charge is -2.05. The number of fused-ring (bicyclic) bond motifs is 1. The van der Waals surface area contributed by atoms with Crippen LogP contribution >= 0.6 is 0 Å². The molecule has 0 atom stereocenters. The molecule has 0 unspecified atom stereocenters. The summed E-state index contributed by atoms with van der Waals surface area (Å²) in [7, 11) is 0. The number of hydrogen-bond acceptors (Lipinski definition) is 1. The first-order chi connectivity index (χ1) is 7.93. The third kappa shape index (κ3) is 1.60. The summed E-state index contributed by atoms with van der Waals surface area (Å²) in [5.41, 5.74) is 1.29. The van der Waals surface area contributed by atoms with Crippen LogP contribution in [-0.2, 0) is 13.1 Å². The molecule has 16 heavy (non-hydrogen) atoms. The summed E-state index contributed by atoms with van der Waals surface area (Å²) in [5.74, 6) is 0. The van der Waals surface area contributed by atoms with E-state index in [0.29, 0.717) is 0 Å². The van der Waals surface area contributed by atoms with Gasteiger partial charge in [-0.05, 0) is 23.6 Å². The number of nitrogens with zero attached hydrogens (tertiary/aromatic N) is 3. The van der Waals surface area contributed by atoms with Crippen LogP contribution in [0, 0.1) is 0 Å². The van der Waals surface area contributed by atoms with Gasteiger partial charge in [0, 0.05) is 30.7 Å². The fourth-order valence-electron chi connectivity index (χ4n) is 1.98. The van der Waals surface area contributed by atoms with Crippen molar-refractivity contribution in [3.8, 4) is 0 Å². The molecule has 2 heterocycles. The predicted molar refractivity (Wildman–Crippen MR) is 64.2 cm³/mol. The molecule has 1 aromatic carbocycles. The Hall–Kier alpha value is -2.03. The molecular formula is C13H13N3. The van der Waals surface area contributed by atoms with Crippen LogP contribution < -0.4 is 0 Å². The fourth-order valence-corrected chi connectivity index (χ4v) is 1.98. The number of rotatable bonds is 3. The Morgan fingerprint density at radius 2 is 1.88 bits per heavy atom. The predicted octanol–water partition coefficient (Wildman–Crippen LogP) is 2.54. The second-order valence-electron chi connectivity index (χ2n) is 3.84. The number of aryl methyl sites for hydroxylation is 2. The Bertz CT molecular complexity index is 578. The first-order valence-electron chi connectivity index (χ1n) is 5.45. The van der Waals surface area contributed by atoms with Crippen LogP contribution in [0.4, 0.5) is 0 Å². The molecule has 0 saturated heterocycles. The lowest BCUT2D eigenvalue weighted by atomic mass is 10.2. The highest BCUT2D eigenvalue weighted by molar-refractivity contribution is 5.79. The van der Waals surface area contributed by atoms with E-state index in [9.17, 15) is 0 Å². The van der Waals surface area contributed by atoms with Crippen molar-refractivity contribution in [3.05, 3.63) is 55.0 Å². The smallest absolute Gasteiger partial charge is 0.0588 e. The van der Waals surface area contributed by atoms with E-state index in [4.69, 9.17) is 0 Å². The van der Waals surface area contributed by atoms with E-state index in [2.05, 4.69) is 46.2 Å². The van der Waals surface area contributed by atoms with Crippen molar-refractivity contribution in [1.82, 2.24) is 14.3 Å². The van der Waals surface area contributed by atoms with E-state index in [1.54, 1.807) is 0 Å². The Kier molecular flexibility index (Phi) is 2.22. The van der Waals surface area contributed by atoms with Gasteiger partial charge in [0.2, 0.25) is 0 Å². The zero-order valence-electron chi connectivity index (χ0n) is 8.95. The minimum atomic E-state index is 0.908. The molecule has 3 nitrogen and oxygen atoms in total. The van der Waals surface area contributed by atoms with Crippen LogP contribution in [0.15, 0.2) is 55.0 Å². The fraction of sp³-hybridized carbons (Fsp3) is 0.154. The van der Waals surface area contributed by atoms with Crippen molar-refractivity contribution in [2.75, 3.05) is 0 Å². The van der Waals surface area contributed by atoms with Crippen molar-refractivity contribution >= 4 is 10.9 Å². The molecule has 0 N–H and O–H groups in total. The van der Waals surface area contributed by atoms with Crippen LogP contribution in [0.5, 0.6) is 0 Å². The van der Waals surface area contributed by atoms with Crippen LogP contribution in [0.25, 0.3) is 10.9 Å². The Morgan fingerprint density at radius 1 is 0.938 bits per heavy atom. The molecule has 3 aromatic rings. The van der Waals surface area contributed by atoms with Gasteiger partial charge in [-0.15, -0.1) is 0 Å². The van der Waals surface area contributed by atoms with Crippen molar-refractivity contribution in [1.29, 1.82) is 0 Å². The van der Waals surface area contributed by atoms with Crippen molar-refractivity contribution in [2.45, 2.75) is 13.1 Å². The standard InChI is InChI=1S/C13H13N3/c1-2-5-13-12(4-1)6-9-15(13)10-11-16-8-3-7-14-16/h1-9H,10-11H2. The van der Waals surface area contributed by atoms with Crippen molar-refractivity contribution in [3.63, 3.8) is 0 Å². The van der Waals surface area contributed by atoms with Gasteiger partial charge in [-0.25, -0.2) is 0 Å². The van der Waals surface area contributed by atoms with Crippen molar-refractivity contribution < 1.29 is 0 Å². The van der Waals surface area contributed by atoms with Gasteiger partial charge in [0.25, 0.3) is 0 Å². The first kappa shape index (κ1) is 9.21. The summed E-state index contributed by atoms with van der Waals surface area (Å²) in [6, 6.07) is 12.5. The maximum Gasteiger partial charge on any atom is 0.0588 e. The third-order valence-corrected chi connectivity index (χ3v) is 2.81. The molecule has 0 amide bonds. The summed E-state index contributed by atoms with van der Waals surface area (Å²) >= 11 is 0. The van der Waals surface area contributed by atoms with Crippen LogP contribution in [0.3, 0.4) is 0 Å². The molecule has 80 valence electrons. The second-order valence-corrected chi connectivity index (χ2v) is 3.84. The summed E-state index contributed by atoms with van der Waals surface area (Å²) in [5, 5.41) is 5.49. The van der Waals surface area contributed by atoms with E-state index in [1.165, 1.54) is 10.9 Å². The van der Waals surface area contributed by atoms with Gasteiger partial charge < -0.3 is 4.57 Å². The number of benzene rings is 1. The highest BCUT2D eigenvalue weighted by Gasteiger charge is 1.99. The van der Waals surface area contributed by atoms with Gasteiger partial charge in [0.05, 0.1) is 6.54 Å². The molecule has 0 bridgehead atoms. The normalized spacial score (nSPS) is 11.0. The zero-order valence-corrected chi connectivity index (χ0v) is 8.95. The number of aromatic nitrogens is 3. The van der Waals surface area contributed by atoms with E-state index >= 15 is 0 Å². The van der Waals surface area contributed by atoms with Crippen LogP contribution in [0.2, 0.25) is 0 Å². The Labute approximate surface area is 93.9 Å². The molecule has 0 spiro atoms. The maximum atomic E-state index is 4.20. The molecule has 2 aromatic heterocycles. The van der Waals surface area contributed by atoms with E-state index in [0.717, 1.165) is 13.1 Å². The molecule has 0 aliphatic heterocycles. The highest BCUT2D eigenvalue weighted by atomic mass is 15.3. The van der Waals surface area contributed by atoms with Gasteiger partial charge in [0.1, 0.15) is 0 Å². The van der Waals surface area contributed by atoms with Crippen LogP contribution in [0.1, 0.15) is 0 Å². The maximum absolute atomic E-state index is 4.20. The van der Waals surface area contributed by atoms with Crippen molar-refractivity contribution in [2.24, 2.45) is 0 Å². The minimum Gasteiger partial charge on any atom is -0.346 e. The van der Waals surface area contributed by atoms with E-state index in [1.807, 2.05) is 23.1 Å². The summed E-state index contributed by atoms with van der Waals surface area (Å²) in [6.45, 7) is 1.86. The summed E-state index contributed by atoms with van der Waals surface area (Å²) in [6.07, 6.45) is 5.94. The average molecular weight is 211 g/mol. The Balaban J connectivity index is 1.84. The number of para-hydroxylation sites is 1. The average Bonchev–Trinajstić information content (AvgIpc) is 2.96. The molecule has 0 radical (unpaired) electrons. The third-order valence-electron chi connectivity index (χ3n) is 2.81. The highest BCUT2D eigenvalue weighted by Crippen LogP contribution is 2.14. The van der Waals surface area contributed by atoms with Gasteiger partial charge in [0.15, 0.2) is 0 Å². The molecule has 0 fully saturated rings. The zero-order chi connectivity index (χ0) is 10.8. The molecule has 0 aliphatic rings. The molecule has 3 rings (SSSR count). The monoisotopic (exact) mass is 211 g/mol. The van der Waals surface area contributed by atoms with Crippen LogP contribution in [-0.4, -0.2) is 14.3 Å². The molecule has 3 heteroatoms. The molecular weight excluding hydrogens is 198 g/mol. The summed E-state index contributed by atoms with van der Waals surface area (Å²) < 4.78 is 4.21. The quantitative estimate of drug-likeness (QED) is 0.652. The SMILES string of the molecule is c1ccc2c(c1)ccn2CCn1cccn1. The minimum absolute atomic E-state index is 0.908. The molecule has 0 aliphatic carbocycles. The van der Waals surface area contributed by atoms with E-state index < -0.39 is 0 Å². The lowest BCUT2D eigenvalue weighted by molar-refractivity contribution is 0.543. The van der Waals surface area contributed by atoms with Gasteiger partial charge >= 0.3 is 0 Å². The topological polar surface area (TPSA) is 22.8 Å².